The largest absolute Gasteiger partial charge is 0.465 e. The molecule has 0 radical (unpaired) electrons. The van der Waals surface area contributed by atoms with Gasteiger partial charge in [0, 0.05) is 13.1 Å². The number of esters is 1. The Kier molecular flexibility index (Phi) is 5.99. The van der Waals surface area contributed by atoms with Gasteiger partial charge in [-0.1, -0.05) is 12.1 Å². The predicted octanol–water partition coefficient (Wildman–Crippen LogP) is 3.39. The number of carbonyl (C=O) groups excluding carboxylic acids is 2. The second-order valence-electron chi connectivity index (χ2n) is 7.61. The first-order chi connectivity index (χ1) is 15.0. The standard InChI is InChI=1S/C23H23N3O4S/c1-30-22(29)16-7-10-18-19(14-16)24-23(31)26(21(18)28)17-8-5-15(6-9-17)13-20(27)25-11-3-2-4-12-25/h5-10,14H,2-4,11-13H2,1H3,(H,24,31). The monoisotopic (exact) mass is 437 g/mol. The Morgan fingerprint density at radius 3 is 2.45 bits per heavy atom. The van der Waals surface area contributed by atoms with E-state index in [1.54, 1.807) is 30.3 Å². The van der Waals surface area contributed by atoms with Crippen molar-refractivity contribution >= 4 is 35.0 Å². The first kappa shape index (κ1) is 21.0. The molecule has 0 unspecified atom stereocenters. The van der Waals surface area contributed by atoms with E-state index in [4.69, 9.17) is 17.0 Å². The van der Waals surface area contributed by atoms with Gasteiger partial charge in [-0.25, -0.2) is 4.79 Å². The van der Waals surface area contributed by atoms with E-state index in [1.165, 1.54) is 18.1 Å². The van der Waals surface area contributed by atoms with Crippen LogP contribution in [0, 0.1) is 4.77 Å². The zero-order valence-corrected chi connectivity index (χ0v) is 18.0. The van der Waals surface area contributed by atoms with Crippen molar-refractivity contribution in [2.45, 2.75) is 25.7 Å². The van der Waals surface area contributed by atoms with Gasteiger partial charge < -0.3 is 14.6 Å². The van der Waals surface area contributed by atoms with Crippen LogP contribution in [-0.4, -0.2) is 46.5 Å². The molecule has 1 aliphatic heterocycles. The Hall–Kier alpha value is -3.26. The highest BCUT2D eigenvalue weighted by Gasteiger charge is 2.17. The molecule has 31 heavy (non-hydrogen) atoms. The molecule has 4 rings (SSSR count). The summed E-state index contributed by atoms with van der Waals surface area (Å²) in [5, 5.41) is 0.408. The van der Waals surface area contributed by atoms with Crippen molar-refractivity contribution in [1.29, 1.82) is 0 Å². The number of nitrogens with zero attached hydrogens (tertiary/aromatic N) is 2. The van der Waals surface area contributed by atoms with Gasteiger partial charge in [0.2, 0.25) is 5.91 Å². The highest BCUT2D eigenvalue weighted by molar-refractivity contribution is 7.71. The molecule has 1 amide bonds. The summed E-state index contributed by atoms with van der Waals surface area (Å²) in [7, 11) is 1.30. The summed E-state index contributed by atoms with van der Waals surface area (Å²) in [6.45, 7) is 1.66. The van der Waals surface area contributed by atoms with Gasteiger partial charge in [0.25, 0.3) is 5.56 Å². The molecule has 0 bridgehead atoms. The van der Waals surface area contributed by atoms with Crippen LogP contribution in [0.25, 0.3) is 16.6 Å². The number of hydrogen-bond donors (Lipinski definition) is 1. The maximum Gasteiger partial charge on any atom is 0.337 e. The normalized spacial score (nSPS) is 13.9. The number of aromatic nitrogens is 2. The molecule has 1 N–H and O–H groups in total. The number of fused-ring (bicyclic) bond motifs is 1. The first-order valence-electron chi connectivity index (χ1n) is 10.2. The zero-order valence-electron chi connectivity index (χ0n) is 17.2. The maximum absolute atomic E-state index is 13.1. The summed E-state index contributed by atoms with van der Waals surface area (Å²) in [6.07, 6.45) is 3.66. The Labute approximate surface area is 184 Å². The van der Waals surface area contributed by atoms with Gasteiger partial charge in [0.1, 0.15) is 0 Å². The van der Waals surface area contributed by atoms with E-state index in [2.05, 4.69) is 4.98 Å². The molecule has 0 atom stereocenters. The lowest BCUT2D eigenvalue weighted by Crippen LogP contribution is -2.36. The van der Waals surface area contributed by atoms with Gasteiger partial charge in [0.15, 0.2) is 4.77 Å². The lowest BCUT2D eigenvalue weighted by molar-refractivity contribution is -0.131. The first-order valence-corrected chi connectivity index (χ1v) is 10.6. The van der Waals surface area contributed by atoms with Crippen LogP contribution in [-0.2, 0) is 16.0 Å². The lowest BCUT2D eigenvalue weighted by atomic mass is 10.1. The summed E-state index contributed by atoms with van der Waals surface area (Å²) in [6, 6.07) is 12.0. The quantitative estimate of drug-likeness (QED) is 0.500. The number of likely N-dealkylation sites (tertiary alicyclic amines) is 1. The van der Waals surface area contributed by atoms with E-state index in [0.29, 0.717) is 28.6 Å². The van der Waals surface area contributed by atoms with Crippen LogP contribution in [0.3, 0.4) is 0 Å². The van der Waals surface area contributed by atoms with E-state index >= 15 is 0 Å². The fourth-order valence-electron chi connectivity index (χ4n) is 3.89. The summed E-state index contributed by atoms with van der Waals surface area (Å²) >= 11 is 5.40. The molecule has 7 nitrogen and oxygen atoms in total. The van der Waals surface area contributed by atoms with Gasteiger partial charge in [-0.15, -0.1) is 0 Å². The maximum atomic E-state index is 13.1. The van der Waals surface area contributed by atoms with Crippen molar-refractivity contribution in [3.63, 3.8) is 0 Å². The molecule has 2 heterocycles. The van der Waals surface area contributed by atoms with Crippen LogP contribution in [0.2, 0.25) is 0 Å². The molecule has 0 aliphatic carbocycles. The highest BCUT2D eigenvalue weighted by Crippen LogP contribution is 2.16. The summed E-state index contributed by atoms with van der Waals surface area (Å²) < 4.78 is 6.35. The van der Waals surface area contributed by atoms with Crippen LogP contribution in [0.5, 0.6) is 0 Å². The molecule has 1 aliphatic rings. The molecule has 0 spiro atoms. The average Bonchev–Trinajstić information content (AvgIpc) is 2.79. The number of hydrogen-bond acceptors (Lipinski definition) is 5. The van der Waals surface area contributed by atoms with Crippen molar-refractivity contribution in [3.8, 4) is 5.69 Å². The van der Waals surface area contributed by atoms with Crippen LogP contribution < -0.4 is 5.56 Å². The summed E-state index contributed by atoms with van der Waals surface area (Å²) in [4.78, 5) is 42.2. The smallest absolute Gasteiger partial charge is 0.337 e. The van der Waals surface area contributed by atoms with Gasteiger partial charge >= 0.3 is 5.97 Å². The Morgan fingerprint density at radius 1 is 1.06 bits per heavy atom. The Morgan fingerprint density at radius 2 is 1.77 bits per heavy atom. The van der Waals surface area contributed by atoms with E-state index < -0.39 is 5.97 Å². The predicted molar refractivity (Wildman–Crippen MR) is 120 cm³/mol. The number of aromatic amines is 1. The molecular formula is C23H23N3O4S. The van der Waals surface area contributed by atoms with Crippen LogP contribution >= 0.6 is 12.2 Å². The van der Waals surface area contributed by atoms with Gasteiger partial charge in [-0.2, -0.15) is 0 Å². The van der Waals surface area contributed by atoms with Crippen molar-refractivity contribution in [2.75, 3.05) is 20.2 Å². The molecule has 1 aromatic heterocycles. The minimum Gasteiger partial charge on any atom is -0.465 e. The number of H-pyrrole nitrogens is 1. The molecule has 8 heteroatoms. The number of benzene rings is 2. The zero-order chi connectivity index (χ0) is 22.0. The molecule has 1 fully saturated rings. The van der Waals surface area contributed by atoms with E-state index in [0.717, 1.165) is 31.5 Å². The molecule has 0 saturated carbocycles. The number of rotatable bonds is 4. The molecule has 160 valence electrons. The second kappa shape index (κ2) is 8.85. The van der Waals surface area contributed by atoms with Gasteiger partial charge in [-0.3, -0.25) is 14.2 Å². The van der Waals surface area contributed by atoms with E-state index in [-0.39, 0.29) is 16.2 Å². The molecule has 3 aromatic rings. The van der Waals surface area contributed by atoms with Crippen LogP contribution in [0.1, 0.15) is 35.2 Å². The third-order valence-corrected chi connectivity index (χ3v) is 5.86. The van der Waals surface area contributed by atoms with Crippen LogP contribution in [0.15, 0.2) is 47.3 Å². The van der Waals surface area contributed by atoms with E-state index in [9.17, 15) is 14.4 Å². The second-order valence-corrected chi connectivity index (χ2v) is 7.99. The number of carbonyl (C=O) groups is 2. The fraction of sp³-hybridized carbons (Fsp3) is 0.304. The molecule has 2 aromatic carbocycles. The summed E-state index contributed by atoms with van der Waals surface area (Å²) in [5.41, 5.74) is 2.02. The Bertz CT molecular complexity index is 1250. The molecule has 1 saturated heterocycles. The van der Waals surface area contributed by atoms with Crippen LogP contribution in [0.4, 0.5) is 0 Å². The van der Waals surface area contributed by atoms with Crippen molar-refractivity contribution in [3.05, 3.63) is 68.7 Å². The number of amides is 1. The highest BCUT2D eigenvalue weighted by atomic mass is 32.1. The number of piperidine rings is 1. The topological polar surface area (TPSA) is 84.4 Å². The number of ether oxygens (including phenoxy) is 1. The van der Waals surface area contributed by atoms with Crippen molar-refractivity contribution < 1.29 is 14.3 Å². The molecular weight excluding hydrogens is 414 g/mol. The van der Waals surface area contributed by atoms with Crippen molar-refractivity contribution in [2.24, 2.45) is 0 Å². The van der Waals surface area contributed by atoms with E-state index in [1.807, 2.05) is 17.0 Å². The lowest BCUT2D eigenvalue weighted by Gasteiger charge is -2.26. The van der Waals surface area contributed by atoms with Gasteiger partial charge in [0.05, 0.1) is 35.7 Å². The third kappa shape index (κ3) is 4.29. The number of methoxy groups -OCH3 is 1. The van der Waals surface area contributed by atoms with Gasteiger partial charge in [-0.05, 0) is 67.4 Å². The number of nitrogens with one attached hydrogen (secondary N) is 1. The minimum absolute atomic E-state index is 0.133. The minimum atomic E-state index is -0.486. The summed E-state index contributed by atoms with van der Waals surface area (Å²) in [5.74, 6) is -0.353. The van der Waals surface area contributed by atoms with Crippen molar-refractivity contribution in [1.82, 2.24) is 14.5 Å². The Balaban J connectivity index is 1.62. The third-order valence-electron chi connectivity index (χ3n) is 5.58. The average molecular weight is 438 g/mol. The SMILES string of the molecule is COC(=O)c1ccc2c(=O)n(-c3ccc(CC(=O)N4CCCCC4)cc3)c(=S)[nH]c2c1. The fourth-order valence-corrected chi connectivity index (χ4v) is 4.19.